The molecule has 0 N–H and O–H groups in total. The molecule has 1 atom stereocenters. The van der Waals surface area contributed by atoms with Crippen LogP contribution in [0, 0.1) is 6.92 Å². The zero-order chi connectivity index (χ0) is 6.41. The normalized spacial score (nSPS) is 13.9. The second-order valence-corrected chi connectivity index (χ2v) is 7.26. The van der Waals surface area contributed by atoms with Crippen LogP contribution in [0.25, 0.3) is 0 Å². The fraction of sp³-hybridized carbons (Fsp3) is 0.833. The monoisotopic (exact) mass is 177 g/mol. The first-order valence-electron chi connectivity index (χ1n) is 2.78. The van der Waals surface area contributed by atoms with E-state index in [0.29, 0.717) is 0 Å². The van der Waals surface area contributed by atoms with Gasteiger partial charge in [0.1, 0.15) is 0 Å². The van der Waals surface area contributed by atoms with Crippen molar-refractivity contribution >= 4 is 14.7 Å². The quantitative estimate of drug-likeness (QED) is 0.592. The molecule has 0 saturated heterocycles. The molecule has 0 aromatic heterocycles. The van der Waals surface area contributed by atoms with Crippen LogP contribution >= 0.6 is 0 Å². The van der Waals surface area contributed by atoms with Crippen molar-refractivity contribution < 1.29 is 4.74 Å². The molecule has 0 rings (SSSR count). The Balaban J connectivity index is 2.86. The Kier molecular flexibility index (Phi) is 6.02. The SMILES string of the molecule is [CH2]C[As](C)CCOC. The Morgan fingerprint density at radius 2 is 2.25 bits per heavy atom. The van der Waals surface area contributed by atoms with Crippen LogP contribution in [0.3, 0.4) is 0 Å². The van der Waals surface area contributed by atoms with E-state index in [1.54, 1.807) is 7.11 Å². The van der Waals surface area contributed by atoms with Gasteiger partial charge in [-0.3, -0.25) is 0 Å². The third-order valence-corrected chi connectivity index (χ3v) is 4.65. The molecule has 0 saturated carbocycles. The maximum absolute atomic E-state index is 4.92. The molecule has 0 bridgehead atoms. The standard InChI is InChI=1S/C6H14AsO/c1-4-7(2)5-6-8-3/h1,4-6H2,2-3H3. The molecule has 1 radical (unpaired) electrons. The average Bonchev–Trinajstić information content (AvgIpc) is 1.83. The summed E-state index contributed by atoms with van der Waals surface area (Å²) in [7, 11) is 1.76. The van der Waals surface area contributed by atoms with E-state index in [1.807, 2.05) is 0 Å². The number of hydrogen-bond donors (Lipinski definition) is 0. The van der Waals surface area contributed by atoms with E-state index >= 15 is 0 Å². The van der Waals surface area contributed by atoms with Gasteiger partial charge in [0.25, 0.3) is 0 Å². The summed E-state index contributed by atoms with van der Waals surface area (Å²) in [4.78, 5) is 0. The van der Waals surface area contributed by atoms with Crippen molar-refractivity contribution in [1.29, 1.82) is 0 Å². The molecule has 0 aliphatic heterocycles. The summed E-state index contributed by atoms with van der Waals surface area (Å²) < 4.78 is 4.92. The topological polar surface area (TPSA) is 9.23 Å². The summed E-state index contributed by atoms with van der Waals surface area (Å²) in [5.41, 5.74) is 2.33. The predicted molar refractivity (Wildman–Crippen MR) is 38.5 cm³/mol. The molecule has 0 fully saturated rings. The van der Waals surface area contributed by atoms with Crippen LogP contribution < -0.4 is 0 Å². The molecular weight excluding hydrogens is 163 g/mol. The molecule has 0 aromatic rings. The first kappa shape index (κ1) is 8.52. The van der Waals surface area contributed by atoms with Crippen LogP contribution in [0.2, 0.25) is 16.1 Å². The summed E-state index contributed by atoms with van der Waals surface area (Å²) in [6, 6.07) is 0. The summed E-state index contributed by atoms with van der Waals surface area (Å²) in [6.45, 7) is 4.78. The van der Waals surface area contributed by atoms with Gasteiger partial charge in [-0.25, -0.2) is 0 Å². The Hall–Kier alpha value is 0.518. The molecule has 0 aromatic carbocycles. The minimum absolute atomic E-state index is 0.493. The summed E-state index contributed by atoms with van der Waals surface area (Å²) in [5.74, 6) is 0. The molecule has 0 aliphatic rings. The molecule has 2 heteroatoms. The van der Waals surface area contributed by atoms with Crippen LogP contribution in [0.4, 0.5) is 0 Å². The van der Waals surface area contributed by atoms with Crippen LogP contribution in [-0.2, 0) is 4.74 Å². The van der Waals surface area contributed by atoms with Crippen molar-refractivity contribution in [2.24, 2.45) is 0 Å². The van der Waals surface area contributed by atoms with Gasteiger partial charge in [0, 0.05) is 0 Å². The molecule has 1 unspecified atom stereocenters. The molecule has 0 spiro atoms. The fourth-order valence-electron chi connectivity index (χ4n) is 0.359. The van der Waals surface area contributed by atoms with Crippen molar-refractivity contribution in [2.75, 3.05) is 13.7 Å². The molecule has 0 heterocycles. The molecule has 1 nitrogen and oxygen atoms in total. The van der Waals surface area contributed by atoms with E-state index in [9.17, 15) is 0 Å². The van der Waals surface area contributed by atoms with Gasteiger partial charge >= 0.3 is 56.2 Å². The molecule has 8 heavy (non-hydrogen) atoms. The Bertz CT molecular complexity index is 47.8. The van der Waals surface area contributed by atoms with Crippen LogP contribution in [0.15, 0.2) is 0 Å². The van der Waals surface area contributed by atoms with Gasteiger partial charge in [0.2, 0.25) is 0 Å². The van der Waals surface area contributed by atoms with Gasteiger partial charge < -0.3 is 0 Å². The van der Waals surface area contributed by atoms with Crippen molar-refractivity contribution in [2.45, 2.75) is 16.1 Å². The average molecular weight is 177 g/mol. The first-order chi connectivity index (χ1) is 3.81. The van der Waals surface area contributed by atoms with Crippen molar-refractivity contribution in [3.05, 3.63) is 6.92 Å². The second kappa shape index (κ2) is 5.65. The van der Waals surface area contributed by atoms with E-state index in [-0.39, 0.29) is 0 Å². The molecule has 0 amide bonds. The second-order valence-electron chi connectivity index (χ2n) is 1.80. The third-order valence-electron chi connectivity index (χ3n) is 1.06. The van der Waals surface area contributed by atoms with E-state index < -0.39 is 14.7 Å². The zero-order valence-electron chi connectivity index (χ0n) is 5.68. The van der Waals surface area contributed by atoms with E-state index in [4.69, 9.17) is 4.74 Å². The number of hydrogen-bond acceptors (Lipinski definition) is 1. The third kappa shape index (κ3) is 4.67. The summed E-state index contributed by atoms with van der Waals surface area (Å²) >= 11 is -0.493. The Morgan fingerprint density at radius 3 is 2.62 bits per heavy atom. The maximum atomic E-state index is 4.92. The number of ether oxygens (including phenoxy) is 1. The van der Waals surface area contributed by atoms with Gasteiger partial charge in [-0.05, 0) is 0 Å². The summed E-state index contributed by atoms with van der Waals surface area (Å²) in [5, 5.41) is 2.45. The van der Waals surface area contributed by atoms with Gasteiger partial charge in [-0.2, -0.15) is 0 Å². The van der Waals surface area contributed by atoms with E-state index in [2.05, 4.69) is 12.6 Å². The van der Waals surface area contributed by atoms with Crippen molar-refractivity contribution in [3.8, 4) is 0 Å². The summed E-state index contributed by atoms with van der Waals surface area (Å²) in [6.07, 6.45) is 0. The number of rotatable bonds is 4. The molecule has 49 valence electrons. The Labute approximate surface area is 56.7 Å². The predicted octanol–water partition coefficient (Wildman–Crippen LogP) is 1.59. The van der Waals surface area contributed by atoms with Gasteiger partial charge in [0.15, 0.2) is 0 Å². The van der Waals surface area contributed by atoms with Crippen molar-refractivity contribution in [3.63, 3.8) is 0 Å². The minimum atomic E-state index is -0.493. The van der Waals surface area contributed by atoms with Crippen molar-refractivity contribution in [1.82, 2.24) is 0 Å². The Morgan fingerprint density at radius 1 is 1.62 bits per heavy atom. The fourth-order valence-corrected chi connectivity index (χ4v) is 1.87. The number of methoxy groups -OCH3 is 1. The zero-order valence-corrected chi connectivity index (χ0v) is 7.56. The van der Waals surface area contributed by atoms with Crippen LogP contribution in [-0.4, -0.2) is 28.4 Å². The van der Waals surface area contributed by atoms with E-state index in [0.717, 1.165) is 11.8 Å². The van der Waals surface area contributed by atoms with Crippen LogP contribution in [0.5, 0.6) is 0 Å². The van der Waals surface area contributed by atoms with Crippen LogP contribution in [0.1, 0.15) is 0 Å². The van der Waals surface area contributed by atoms with Gasteiger partial charge in [-0.1, -0.05) is 0 Å². The van der Waals surface area contributed by atoms with Gasteiger partial charge in [-0.15, -0.1) is 0 Å². The van der Waals surface area contributed by atoms with Gasteiger partial charge in [0.05, 0.1) is 0 Å². The molecular formula is C6H14AsO. The van der Waals surface area contributed by atoms with E-state index in [1.165, 1.54) is 5.21 Å². The first-order valence-corrected chi connectivity index (χ1v) is 7.31. The molecule has 0 aliphatic carbocycles.